The number of hydrogen-bond donors (Lipinski definition) is 0. The van der Waals surface area contributed by atoms with Gasteiger partial charge in [-0.25, -0.2) is 9.37 Å². The summed E-state index contributed by atoms with van der Waals surface area (Å²) in [6.07, 6.45) is 0.668. The molecule has 0 fully saturated rings. The summed E-state index contributed by atoms with van der Waals surface area (Å²) in [5, 5.41) is 0. The van der Waals surface area contributed by atoms with Gasteiger partial charge in [0, 0.05) is 17.7 Å². The quantitative estimate of drug-likeness (QED) is 0.732. The number of pyridine rings is 1. The van der Waals surface area contributed by atoms with E-state index in [9.17, 15) is 9.18 Å². The molecule has 2 aromatic carbocycles. The SMILES string of the molecule is O=C1c2nc(Cc3ccccc3)ccc2CN1c1ccccc1F. The van der Waals surface area contributed by atoms with Gasteiger partial charge in [-0.05, 0) is 23.8 Å². The number of carbonyl (C=O) groups excluding carboxylic acids is 1. The molecule has 1 amide bonds. The van der Waals surface area contributed by atoms with Gasteiger partial charge >= 0.3 is 0 Å². The van der Waals surface area contributed by atoms with E-state index in [-0.39, 0.29) is 5.91 Å². The van der Waals surface area contributed by atoms with Crippen molar-refractivity contribution in [3.63, 3.8) is 0 Å². The van der Waals surface area contributed by atoms with Gasteiger partial charge in [0.25, 0.3) is 5.91 Å². The smallest absolute Gasteiger partial charge is 0.277 e. The summed E-state index contributed by atoms with van der Waals surface area (Å²) < 4.78 is 14.0. The lowest BCUT2D eigenvalue weighted by atomic mass is 10.1. The lowest BCUT2D eigenvalue weighted by Gasteiger charge is -2.15. The molecule has 0 N–H and O–H groups in total. The van der Waals surface area contributed by atoms with Crippen LogP contribution in [-0.4, -0.2) is 10.9 Å². The highest BCUT2D eigenvalue weighted by molar-refractivity contribution is 6.08. The molecule has 4 heteroatoms. The number of rotatable bonds is 3. The zero-order valence-electron chi connectivity index (χ0n) is 12.9. The number of amides is 1. The van der Waals surface area contributed by atoms with Crippen LogP contribution in [0.4, 0.5) is 10.1 Å². The van der Waals surface area contributed by atoms with E-state index < -0.39 is 5.82 Å². The van der Waals surface area contributed by atoms with Crippen molar-refractivity contribution in [1.82, 2.24) is 4.98 Å². The summed E-state index contributed by atoms with van der Waals surface area (Å²) >= 11 is 0. The molecule has 3 nitrogen and oxygen atoms in total. The molecule has 0 bridgehead atoms. The van der Waals surface area contributed by atoms with Crippen molar-refractivity contribution >= 4 is 11.6 Å². The predicted molar refractivity (Wildman–Crippen MR) is 90.4 cm³/mol. The maximum atomic E-state index is 14.0. The summed E-state index contributed by atoms with van der Waals surface area (Å²) in [7, 11) is 0. The molecule has 3 aromatic rings. The number of nitrogens with zero attached hydrogens (tertiary/aromatic N) is 2. The first kappa shape index (κ1) is 14.6. The van der Waals surface area contributed by atoms with Gasteiger partial charge in [0.1, 0.15) is 11.5 Å². The lowest BCUT2D eigenvalue weighted by Crippen LogP contribution is -2.24. The molecule has 1 aliphatic rings. The van der Waals surface area contributed by atoms with Crippen LogP contribution in [0.3, 0.4) is 0 Å². The zero-order chi connectivity index (χ0) is 16.5. The maximum absolute atomic E-state index is 14.0. The predicted octanol–water partition coefficient (Wildman–Crippen LogP) is 3.97. The monoisotopic (exact) mass is 318 g/mol. The van der Waals surface area contributed by atoms with Crippen molar-refractivity contribution < 1.29 is 9.18 Å². The average Bonchev–Trinajstić information content (AvgIpc) is 2.93. The van der Waals surface area contributed by atoms with Crippen molar-refractivity contribution in [3.05, 3.63) is 95.1 Å². The van der Waals surface area contributed by atoms with Gasteiger partial charge in [0.05, 0.1) is 12.2 Å². The minimum Gasteiger partial charge on any atom is -0.300 e. The summed E-state index contributed by atoms with van der Waals surface area (Å²) in [5.41, 5.74) is 3.53. The van der Waals surface area contributed by atoms with Crippen LogP contribution in [0.25, 0.3) is 0 Å². The number of aromatic nitrogens is 1. The van der Waals surface area contributed by atoms with Gasteiger partial charge in [0.15, 0.2) is 0 Å². The number of carbonyl (C=O) groups is 1. The van der Waals surface area contributed by atoms with Crippen LogP contribution in [-0.2, 0) is 13.0 Å². The third kappa shape index (κ3) is 2.56. The van der Waals surface area contributed by atoms with Gasteiger partial charge in [0.2, 0.25) is 0 Å². The Bertz CT molecular complexity index is 909. The maximum Gasteiger partial charge on any atom is 0.277 e. The fraction of sp³-hybridized carbons (Fsp3) is 0.100. The summed E-state index contributed by atoms with van der Waals surface area (Å²) in [6.45, 7) is 0.355. The van der Waals surface area contributed by atoms with E-state index in [1.807, 2.05) is 42.5 Å². The molecular formula is C20H15FN2O. The van der Waals surface area contributed by atoms with Crippen molar-refractivity contribution in [3.8, 4) is 0 Å². The fourth-order valence-corrected chi connectivity index (χ4v) is 2.98. The van der Waals surface area contributed by atoms with Crippen LogP contribution < -0.4 is 4.90 Å². The highest BCUT2D eigenvalue weighted by atomic mass is 19.1. The second kappa shape index (κ2) is 5.89. The van der Waals surface area contributed by atoms with Crippen LogP contribution in [0.2, 0.25) is 0 Å². The van der Waals surface area contributed by atoms with Crippen LogP contribution in [0.1, 0.15) is 27.3 Å². The summed E-state index contributed by atoms with van der Waals surface area (Å²) in [6, 6.07) is 20.2. The first-order valence-electron chi connectivity index (χ1n) is 7.81. The molecular weight excluding hydrogens is 303 g/mol. The number of hydrogen-bond acceptors (Lipinski definition) is 2. The number of anilines is 1. The Morgan fingerprint density at radius 1 is 0.958 bits per heavy atom. The minimum absolute atomic E-state index is 0.245. The van der Waals surface area contributed by atoms with E-state index in [0.29, 0.717) is 24.3 Å². The molecule has 0 aliphatic carbocycles. The molecule has 0 unspecified atom stereocenters. The molecule has 0 saturated heterocycles. The average molecular weight is 318 g/mol. The van der Waals surface area contributed by atoms with E-state index in [0.717, 1.165) is 16.8 Å². The van der Waals surface area contributed by atoms with E-state index in [1.165, 1.54) is 11.0 Å². The Balaban J connectivity index is 1.64. The Morgan fingerprint density at radius 2 is 1.71 bits per heavy atom. The molecule has 0 radical (unpaired) electrons. The number of para-hydroxylation sites is 1. The van der Waals surface area contributed by atoms with Gasteiger partial charge in [-0.2, -0.15) is 0 Å². The molecule has 0 atom stereocenters. The Labute approximate surface area is 139 Å². The standard InChI is InChI=1S/C20H15FN2O/c21-17-8-4-5-9-18(17)23-13-15-10-11-16(22-19(15)20(23)24)12-14-6-2-1-3-7-14/h1-11H,12-13H2. The normalized spacial score (nSPS) is 13.2. The molecule has 0 saturated carbocycles. The van der Waals surface area contributed by atoms with Gasteiger partial charge < -0.3 is 0 Å². The van der Waals surface area contributed by atoms with Crippen LogP contribution in [0, 0.1) is 5.82 Å². The highest BCUT2D eigenvalue weighted by Gasteiger charge is 2.31. The third-order valence-corrected chi connectivity index (χ3v) is 4.18. The second-order valence-corrected chi connectivity index (χ2v) is 5.82. The van der Waals surface area contributed by atoms with Crippen LogP contribution >= 0.6 is 0 Å². The van der Waals surface area contributed by atoms with Crippen molar-refractivity contribution in [2.24, 2.45) is 0 Å². The Hall–Kier alpha value is -3.01. The molecule has 24 heavy (non-hydrogen) atoms. The van der Waals surface area contributed by atoms with Gasteiger partial charge in [-0.15, -0.1) is 0 Å². The lowest BCUT2D eigenvalue weighted by molar-refractivity contribution is 0.0991. The van der Waals surface area contributed by atoms with Crippen LogP contribution in [0.15, 0.2) is 66.7 Å². The Morgan fingerprint density at radius 3 is 2.50 bits per heavy atom. The van der Waals surface area contributed by atoms with Crippen molar-refractivity contribution in [2.75, 3.05) is 4.90 Å². The highest BCUT2D eigenvalue weighted by Crippen LogP contribution is 2.29. The number of halogens is 1. The largest absolute Gasteiger partial charge is 0.300 e. The van der Waals surface area contributed by atoms with E-state index in [4.69, 9.17) is 0 Å². The fourth-order valence-electron chi connectivity index (χ4n) is 2.98. The van der Waals surface area contributed by atoms with Crippen molar-refractivity contribution in [1.29, 1.82) is 0 Å². The molecule has 118 valence electrons. The first-order chi connectivity index (χ1) is 11.7. The third-order valence-electron chi connectivity index (χ3n) is 4.18. The zero-order valence-corrected chi connectivity index (χ0v) is 12.9. The number of benzene rings is 2. The molecule has 1 aromatic heterocycles. The van der Waals surface area contributed by atoms with Crippen LogP contribution in [0.5, 0.6) is 0 Å². The van der Waals surface area contributed by atoms with Gasteiger partial charge in [-0.3, -0.25) is 9.69 Å². The number of fused-ring (bicyclic) bond motifs is 1. The topological polar surface area (TPSA) is 33.2 Å². The summed E-state index contributed by atoms with van der Waals surface area (Å²) in [5.74, 6) is -0.645. The second-order valence-electron chi connectivity index (χ2n) is 5.82. The van der Waals surface area contributed by atoms with E-state index >= 15 is 0 Å². The first-order valence-corrected chi connectivity index (χ1v) is 7.81. The van der Waals surface area contributed by atoms with Crippen molar-refractivity contribution in [2.45, 2.75) is 13.0 Å². The van der Waals surface area contributed by atoms with E-state index in [2.05, 4.69) is 4.98 Å². The molecule has 0 spiro atoms. The molecule has 1 aliphatic heterocycles. The minimum atomic E-state index is -0.400. The summed E-state index contributed by atoms with van der Waals surface area (Å²) in [4.78, 5) is 18.6. The van der Waals surface area contributed by atoms with E-state index in [1.54, 1.807) is 18.2 Å². The Kier molecular flexibility index (Phi) is 3.58. The van der Waals surface area contributed by atoms with Gasteiger partial charge in [-0.1, -0.05) is 48.5 Å². The molecule has 2 heterocycles. The molecule has 4 rings (SSSR count).